The molecule has 21 heavy (non-hydrogen) atoms. The van der Waals surface area contributed by atoms with Gasteiger partial charge in [-0.05, 0) is 25.2 Å². The number of amides is 2. The lowest BCUT2D eigenvalue weighted by atomic mass is 9.94. The Morgan fingerprint density at radius 1 is 1.43 bits per heavy atom. The van der Waals surface area contributed by atoms with Crippen molar-refractivity contribution in [1.82, 2.24) is 25.4 Å². The first kappa shape index (κ1) is 15.3. The van der Waals surface area contributed by atoms with E-state index in [9.17, 15) is 9.59 Å². The van der Waals surface area contributed by atoms with Gasteiger partial charge in [-0.15, -0.1) is 0 Å². The van der Waals surface area contributed by atoms with Crippen molar-refractivity contribution >= 4 is 12.0 Å². The second-order valence-corrected chi connectivity index (χ2v) is 5.30. The number of aryl methyl sites for hydroxylation is 1. The van der Waals surface area contributed by atoms with Gasteiger partial charge in [0.15, 0.2) is 0 Å². The first-order chi connectivity index (χ1) is 10.1. The maximum atomic E-state index is 12.0. The molecule has 116 valence electrons. The first-order valence-electron chi connectivity index (χ1n) is 7.24. The molecule has 1 aliphatic heterocycles. The molecule has 2 rings (SSSR count). The van der Waals surface area contributed by atoms with Crippen molar-refractivity contribution in [1.29, 1.82) is 0 Å². The van der Waals surface area contributed by atoms with E-state index in [0.717, 1.165) is 31.5 Å². The van der Waals surface area contributed by atoms with Gasteiger partial charge in [0.05, 0.1) is 0 Å². The molecule has 0 unspecified atom stereocenters. The zero-order chi connectivity index (χ0) is 15.1. The van der Waals surface area contributed by atoms with E-state index in [1.54, 1.807) is 4.90 Å². The van der Waals surface area contributed by atoms with Crippen LogP contribution in [0.2, 0.25) is 0 Å². The molecule has 1 aromatic rings. The van der Waals surface area contributed by atoms with Crippen LogP contribution < -0.4 is 5.32 Å². The summed E-state index contributed by atoms with van der Waals surface area (Å²) in [4.78, 5) is 28.4. The molecule has 0 saturated carbocycles. The number of carboxylic acids is 1. The topological polar surface area (TPSA) is 111 Å². The van der Waals surface area contributed by atoms with E-state index in [1.807, 2.05) is 0 Å². The lowest BCUT2D eigenvalue weighted by Gasteiger charge is -2.31. The SMILES string of the molecule is O=C(O)CC1CCN(C(=O)NCCCc2ncn[nH]2)CC1. The van der Waals surface area contributed by atoms with Crippen molar-refractivity contribution in [2.24, 2.45) is 5.92 Å². The van der Waals surface area contributed by atoms with Crippen LogP contribution in [0, 0.1) is 5.92 Å². The minimum absolute atomic E-state index is 0.0682. The fraction of sp³-hybridized carbons (Fsp3) is 0.692. The molecule has 1 saturated heterocycles. The molecule has 2 heterocycles. The van der Waals surface area contributed by atoms with Gasteiger partial charge in [-0.25, -0.2) is 9.78 Å². The molecule has 1 aromatic heterocycles. The van der Waals surface area contributed by atoms with Crippen LogP contribution in [0.1, 0.15) is 31.5 Å². The van der Waals surface area contributed by atoms with Crippen LogP contribution in [0.4, 0.5) is 4.79 Å². The largest absolute Gasteiger partial charge is 0.481 e. The number of carbonyl (C=O) groups is 2. The molecule has 0 aliphatic carbocycles. The van der Waals surface area contributed by atoms with Gasteiger partial charge in [-0.3, -0.25) is 9.89 Å². The van der Waals surface area contributed by atoms with Gasteiger partial charge in [0.1, 0.15) is 12.2 Å². The lowest BCUT2D eigenvalue weighted by molar-refractivity contribution is -0.138. The highest BCUT2D eigenvalue weighted by Crippen LogP contribution is 2.20. The van der Waals surface area contributed by atoms with Crippen molar-refractivity contribution in [2.75, 3.05) is 19.6 Å². The Kier molecular flexibility index (Phi) is 5.53. The summed E-state index contributed by atoms with van der Waals surface area (Å²) in [5, 5.41) is 18.2. The molecule has 3 N–H and O–H groups in total. The average Bonchev–Trinajstić information content (AvgIpc) is 2.97. The number of H-pyrrole nitrogens is 1. The van der Waals surface area contributed by atoms with E-state index >= 15 is 0 Å². The fourth-order valence-electron chi connectivity index (χ4n) is 2.50. The standard InChI is InChI=1S/C13H21N5O3/c19-12(20)8-10-3-6-18(7-4-10)13(21)14-5-1-2-11-15-9-16-17-11/h9-10H,1-8H2,(H,14,21)(H,19,20)(H,15,16,17). The van der Waals surface area contributed by atoms with E-state index in [4.69, 9.17) is 5.11 Å². The second-order valence-electron chi connectivity index (χ2n) is 5.30. The van der Waals surface area contributed by atoms with Gasteiger partial charge in [-0.2, -0.15) is 5.10 Å². The van der Waals surface area contributed by atoms with E-state index in [1.165, 1.54) is 6.33 Å². The minimum atomic E-state index is -0.759. The Bertz CT molecular complexity index is 454. The number of aliphatic carboxylic acids is 1. The summed E-state index contributed by atoms with van der Waals surface area (Å²) >= 11 is 0. The summed E-state index contributed by atoms with van der Waals surface area (Å²) in [6.07, 6.45) is 4.74. The van der Waals surface area contributed by atoms with Crippen LogP contribution in [0.25, 0.3) is 0 Å². The predicted molar refractivity (Wildman–Crippen MR) is 74.7 cm³/mol. The molecule has 1 fully saturated rings. The molecule has 1 aliphatic rings. The Morgan fingerprint density at radius 3 is 2.81 bits per heavy atom. The normalized spacial score (nSPS) is 15.9. The number of nitrogens with zero attached hydrogens (tertiary/aromatic N) is 3. The molecule has 8 nitrogen and oxygen atoms in total. The lowest BCUT2D eigenvalue weighted by Crippen LogP contribution is -2.45. The zero-order valence-electron chi connectivity index (χ0n) is 11.9. The van der Waals surface area contributed by atoms with Crippen LogP contribution in [0.5, 0.6) is 0 Å². The van der Waals surface area contributed by atoms with E-state index in [-0.39, 0.29) is 18.4 Å². The second kappa shape index (κ2) is 7.61. The average molecular weight is 295 g/mol. The van der Waals surface area contributed by atoms with E-state index in [0.29, 0.717) is 19.6 Å². The predicted octanol–water partition coefficient (Wildman–Crippen LogP) is 0.634. The number of carboxylic acid groups (broad SMARTS) is 1. The number of hydrogen-bond acceptors (Lipinski definition) is 4. The van der Waals surface area contributed by atoms with Crippen molar-refractivity contribution in [3.8, 4) is 0 Å². The highest BCUT2D eigenvalue weighted by Gasteiger charge is 2.23. The first-order valence-corrected chi connectivity index (χ1v) is 7.24. The number of aromatic nitrogens is 3. The quantitative estimate of drug-likeness (QED) is 0.667. The number of rotatable bonds is 6. The maximum Gasteiger partial charge on any atom is 0.317 e. The molecule has 0 aromatic carbocycles. The van der Waals surface area contributed by atoms with Crippen LogP contribution in [0.15, 0.2) is 6.33 Å². The highest BCUT2D eigenvalue weighted by atomic mass is 16.4. The third-order valence-electron chi connectivity index (χ3n) is 3.70. The van der Waals surface area contributed by atoms with Gasteiger partial charge in [0, 0.05) is 32.5 Å². The van der Waals surface area contributed by atoms with Crippen LogP contribution >= 0.6 is 0 Å². The van der Waals surface area contributed by atoms with Gasteiger partial charge < -0.3 is 15.3 Å². The Hall–Kier alpha value is -2.12. The smallest absolute Gasteiger partial charge is 0.317 e. The number of nitrogens with one attached hydrogen (secondary N) is 2. The van der Waals surface area contributed by atoms with Gasteiger partial charge in [-0.1, -0.05) is 0 Å². The number of piperidine rings is 1. The van der Waals surface area contributed by atoms with E-state index < -0.39 is 5.97 Å². The number of aromatic amines is 1. The summed E-state index contributed by atoms with van der Waals surface area (Å²) in [5.41, 5.74) is 0. The van der Waals surface area contributed by atoms with Gasteiger partial charge in [0.2, 0.25) is 0 Å². The summed E-state index contributed by atoms with van der Waals surface area (Å²) in [6, 6.07) is -0.0682. The fourth-order valence-corrected chi connectivity index (χ4v) is 2.50. The summed E-state index contributed by atoms with van der Waals surface area (Å²) < 4.78 is 0. The number of urea groups is 1. The molecule has 0 atom stereocenters. The number of likely N-dealkylation sites (tertiary alicyclic amines) is 1. The highest BCUT2D eigenvalue weighted by molar-refractivity contribution is 5.74. The Balaban J connectivity index is 1.60. The zero-order valence-corrected chi connectivity index (χ0v) is 11.9. The molecular weight excluding hydrogens is 274 g/mol. The van der Waals surface area contributed by atoms with Crippen LogP contribution in [0.3, 0.4) is 0 Å². The van der Waals surface area contributed by atoms with Crippen LogP contribution in [-0.2, 0) is 11.2 Å². The third-order valence-corrected chi connectivity index (χ3v) is 3.70. The van der Waals surface area contributed by atoms with Gasteiger partial charge in [0.25, 0.3) is 0 Å². The Labute approximate surface area is 122 Å². The monoisotopic (exact) mass is 295 g/mol. The van der Waals surface area contributed by atoms with Crippen molar-refractivity contribution in [2.45, 2.75) is 32.1 Å². The summed E-state index contributed by atoms with van der Waals surface area (Å²) in [6.45, 7) is 1.85. The van der Waals surface area contributed by atoms with Gasteiger partial charge >= 0.3 is 12.0 Å². The third kappa shape index (κ3) is 5.05. The molecule has 0 bridgehead atoms. The van der Waals surface area contributed by atoms with Crippen molar-refractivity contribution in [3.63, 3.8) is 0 Å². The summed E-state index contributed by atoms with van der Waals surface area (Å²) in [7, 11) is 0. The molecule has 2 amide bonds. The minimum Gasteiger partial charge on any atom is -0.481 e. The van der Waals surface area contributed by atoms with Crippen LogP contribution in [-0.4, -0.2) is 56.8 Å². The number of carbonyl (C=O) groups excluding carboxylic acids is 1. The van der Waals surface area contributed by atoms with E-state index in [2.05, 4.69) is 20.5 Å². The van der Waals surface area contributed by atoms with Crippen molar-refractivity contribution in [3.05, 3.63) is 12.2 Å². The molecule has 8 heteroatoms. The summed E-state index contributed by atoms with van der Waals surface area (Å²) in [5.74, 6) is 0.252. The molecule has 0 spiro atoms. The molecular formula is C13H21N5O3. The van der Waals surface area contributed by atoms with Crippen molar-refractivity contribution < 1.29 is 14.7 Å². The number of hydrogen-bond donors (Lipinski definition) is 3. The molecule has 0 radical (unpaired) electrons. The Morgan fingerprint density at radius 2 is 2.19 bits per heavy atom. The maximum absolute atomic E-state index is 12.0.